The molecule has 0 aliphatic heterocycles. The second-order valence-electron chi connectivity index (χ2n) is 4.04. The first-order valence-corrected chi connectivity index (χ1v) is 6.54. The highest BCUT2D eigenvalue weighted by molar-refractivity contribution is 7.17. The molecular weight excluding hydrogens is 266 g/mol. The standard InChI is InChI=1S/C12H13N3O3S/c1-15(4-2-11(17)13-7-16)9-6-10-8(3-5-19-10)14-12(9)18/h3,5-7H,2,4H2,1H3,(H,14,18)(H,13,16,17). The maximum atomic E-state index is 11.9. The van der Waals surface area contributed by atoms with Crippen LogP contribution < -0.4 is 15.8 Å². The minimum Gasteiger partial charge on any atom is -0.370 e. The Morgan fingerprint density at radius 3 is 3.11 bits per heavy atom. The molecule has 0 atom stereocenters. The first-order chi connectivity index (χ1) is 9.11. The lowest BCUT2D eigenvalue weighted by Crippen LogP contribution is -2.30. The summed E-state index contributed by atoms with van der Waals surface area (Å²) in [6, 6.07) is 3.65. The van der Waals surface area contributed by atoms with Crippen molar-refractivity contribution in [2.24, 2.45) is 0 Å². The average Bonchev–Trinajstić information content (AvgIpc) is 2.82. The predicted octanol–water partition coefficient (Wildman–Crippen LogP) is 0.688. The Balaban J connectivity index is 2.14. The van der Waals surface area contributed by atoms with E-state index in [9.17, 15) is 14.4 Å². The Hall–Kier alpha value is -2.15. The molecule has 0 aliphatic carbocycles. The van der Waals surface area contributed by atoms with Crippen LogP contribution in [0.5, 0.6) is 0 Å². The van der Waals surface area contributed by atoms with Crippen molar-refractivity contribution in [2.45, 2.75) is 6.42 Å². The third-order valence-corrected chi connectivity index (χ3v) is 3.61. The van der Waals surface area contributed by atoms with Crippen molar-refractivity contribution in [3.8, 4) is 0 Å². The summed E-state index contributed by atoms with van der Waals surface area (Å²) in [4.78, 5) is 37.7. The number of carbonyl (C=O) groups is 2. The van der Waals surface area contributed by atoms with Gasteiger partial charge in [-0.05, 0) is 17.5 Å². The number of fused-ring (bicyclic) bond motifs is 1. The van der Waals surface area contributed by atoms with Gasteiger partial charge in [-0.15, -0.1) is 11.3 Å². The molecule has 2 N–H and O–H groups in total. The molecule has 2 heterocycles. The molecule has 0 fully saturated rings. The summed E-state index contributed by atoms with van der Waals surface area (Å²) in [6.45, 7) is 0.361. The number of aromatic nitrogens is 1. The molecule has 0 saturated heterocycles. The van der Waals surface area contributed by atoms with Gasteiger partial charge in [0, 0.05) is 20.0 Å². The molecule has 0 saturated carbocycles. The van der Waals surface area contributed by atoms with E-state index >= 15 is 0 Å². The van der Waals surface area contributed by atoms with Gasteiger partial charge >= 0.3 is 0 Å². The number of pyridine rings is 1. The molecule has 100 valence electrons. The monoisotopic (exact) mass is 279 g/mol. The summed E-state index contributed by atoms with van der Waals surface area (Å²) in [5.41, 5.74) is 1.13. The first-order valence-electron chi connectivity index (χ1n) is 5.66. The minimum absolute atomic E-state index is 0.150. The van der Waals surface area contributed by atoms with Crippen molar-refractivity contribution >= 4 is 39.6 Å². The zero-order valence-corrected chi connectivity index (χ0v) is 11.1. The van der Waals surface area contributed by atoms with Crippen molar-refractivity contribution in [3.63, 3.8) is 0 Å². The van der Waals surface area contributed by atoms with Crippen molar-refractivity contribution in [2.75, 3.05) is 18.5 Å². The van der Waals surface area contributed by atoms with Gasteiger partial charge in [0.05, 0.1) is 10.2 Å². The van der Waals surface area contributed by atoms with Crippen LogP contribution in [0.15, 0.2) is 22.3 Å². The minimum atomic E-state index is -0.365. The van der Waals surface area contributed by atoms with E-state index in [0.717, 1.165) is 10.2 Å². The molecule has 19 heavy (non-hydrogen) atoms. The highest BCUT2D eigenvalue weighted by Gasteiger charge is 2.10. The number of rotatable bonds is 5. The molecule has 2 rings (SSSR count). The van der Waals surface area contributed by atoms with Gasteiger partial charge < -0.3 is 9.88 Å². The summed E-state index contributed by atoms with van der Waals surface area (Å²) in [5.74, 6) is -0.365. The number of H-pyrrole nitrogens is 1. The van der Waals surface area contributed by atoms with Crippen LogP contribution in [-0.4, -0.2) is 30.9 Å². The number of carbonyl (C=O) groups excluding carboxylic acids is 2. The first kappa shape index (κ1) is 13.3. The van der Waals surface area contributed by atoms with E-state index < -0.39 is 0 Å². The van der Waals surface area contributed by atoms with E-state index in [1.807, 2.05) is 11.4 Å². The second kappa shape index (κ2) is 5.66. The van der Waals surface area contributed by atoms with Gasteiger partial charge in [0.2, 0.25) is 12.3 Å². The molecule has 0 bridgehead atoms. The highest BCUT2D eigenvalue weighted by Crippen LogP contribution is 2.20. The number of hydrogen-bond acceptors (Lipinski definition) is 5. The molecule has 0 aromatic carbocycles. The molecule has 2 aromatic rings. The fraction of sp³-hybridized carbons (Fsp3) is 0.250. The van der Waals surface area contributed by atoms with Crippen LogP contribution in [-0.2, 0) is 9.59 Å². The van der Waals surface area contributed by atoms with E-state index in [1.54, 1.807) is 18.0 Å². The van der Waals surface area contributed by atoms with E-state index in [2.05, 4.69) is 10.3 Å². The van der Waals surface area contributed by atoms with Gasteiger partial charge in [0.25, 0.3) is 5.56 Å². The molecule has 2 amide bonds. The number of aromatic amines is 1. The van der Waals surface area contributed by atoms with Crippen molar-refractivity contribution in [1.29, 1.82) is 0 Å². The van der Waals surface area contributed by atoms with Gasteiger partial charge in [0.1, 0.15) is 5.69 Å². The second-order valence-corrected chi connectivity index (χ2v) is 4.99. The zero-order chi connectivity index (χ0) is 13.8. The topological polar surface area (TPSA) is 82.3 Å². The van der Waals surface area contributed by atoms with Crippen LogP contribution >= 0.6 is 11.3 Å². The lowest BCUT2D eigenvalue weighted by Gasteiger charge is -2.17. The van der Waals surface area contributed by atoms with Gasteiger partial charge in [-0.25, -0.2) is 0 Å². The van der Waals surface area contributed by atoms with Crippen LogP contribution in [0, 0.1) is 0 Å². The lowest BCUT2D eigenvalue weighted by atomic mass is 10.3. The summed E-state index contributed by atoms with van der Waals surface area (Å²) in [6.07, 6.45) is 0.504. The molecule has 7 heteroatoms. The zero-order valence-electron chi connectivity index (χ0n) is 10.3. The van der Waals surface area contributed by atoms with Crippen LogP contribution in [0.25, 0.3) is 10.2 Å². The molecule has 6 nitrogen and oxygen atoms in total. The quantitative estimate of drug-likeness (QED) is 0.789. The Morgan fingerprint density at radius 1 is 1.58 bits per heavy atom. The van der Waals surface area contributed by atoms with Crippen molar-refractivity contribution in [1.82, 2.24) is 10.3 Å². The van der Waals surface area contributed by atoms with Crippen molar-refractivity contribution in [3.05, 3.63) is 27.9 Å². The van der Waals surface area contributed by atoms with Gasteiger partial charge in [0.15, 0.2) is 0 Å². The fourth-order valence-corrected chi connectivity index (χ4v) is 2.50. The number of anilines is 1. The molecular formula is C12H13N3O3S. The summed E-state index contributed by atoms with van der Waals surface area (Å²) in [5, 5.41) is 3.97. The number of amides is 2. The molecule has 0 spiro atoms. The third kappa shape index (κ3) is 3.00. The van der Waals surface area contributed by atoms with Gasteiger partial charge in [-0.2, -0.15) is 0 Å². The summed E-state index contributed by atoms with van der Waals surface area (Å²) in [7, 11) is 1.73. The van der Waals surface area contributed by atoms with E-state index in [1.165, 1.54) is 11.3 Å². The SMILES string of the molecule is CN(CCC(=O)NC=O)c1cc2sccc2[nH]c1=O. The summed E-state index contributed by atoms with van der Waals surface area (Å²) >= 11 is 1.54. The van der Waals surface area contributed by atoms with Gasteiger partial charge in [-0.1, -0.05) is 0 Å². The number of imide groups is 1. The smallest absolute Gasteiger partial charge is 0.272 e. The molecule has 0 radical (unpaired) electrons. The highest BCUT2D eigenvalue weighted by atomic mass is 32.1. The Morgan fingerprint density at radius 2 is 2.37 bits per heavy atom. The van der Waals surface area contributed by atoms with Crippen LogP contribution in [0.2, 0.25) is 0 Å². The van der Waals surface area contributed by atoms with Crippen LogP contribution in [0.1, 0.15) is 6.42 Å². The average molecular weight is 279 g/mol. The maximum absolute atomic E-state index is 11.9. The van der Waals surface area contributed by atoms with Gasteiger partial charge in [-0.3, -0.25) is 19.7 Å². The van der Waals surface area contributed by atoms with E-state index in [0.29, 0.717) is 18.6 Å². The number of nitrogens with one attached hydrogen (secondary N) is 2. The number of thiophene rings is 1. The number of nitrogens with zero attached hydrogens (tertiary/aromatic N) is 1. The molecule has 0 unspecified atom stereocenters. The fourth-order valence-electron chi connectivity index (χ4n) is 1.72. The van der Waals surface area contributed by atoms with Crippen LogP contribution in [0.3, 0.4) is 0 Å². The third-order valence-electron chi connectivity index (χ3n) is 2.75. The summed E-state index contributed by atoms with van der Waals surface area (Å²) < 4.78 is 0.985. The van der Waals surface area contributed by atoms with E-state index in [4.69, 9.17) is 0 Å². The predicted molar refractivity (Wildman–Crippen MR) is 74.5 cm³/mol. The number of hydrogen-bond donors (Lipinski definition) is 2. The van der Waals surface area contributed by atoms with Crippen LogP contribution in [0.4, 0.5) is 5.69 Å². The lowest BCUT2D eigenvalue weighted by molar-refractivity contribution is -0.125. The molecule has 2 aromatic heterocycles. The Labute approximate surface area is 113 Å². The maximum Gasteiger partial charge on any atom is 0.272 e. The normalized spacial score (nSPS) is 10.4. The molecule has 0 aliphatic rings. The Kier molecular flexibility index (Phi) is 3.96. The van der Waals surface area contributed by atoms with Crippen molar-refractivity contribution < 1.29 is 9.59 Å². The van der Waals surface area contributed by atoms with E-state index in [-0.39, 0.29) is 17.9 Å². The largest absolute Gasteiger partial charge is 0.370 e. The Bertz CT molecular complexity index is 662.